The van der Waals surface area contributed by atoms with E-state index in [-0.39, 0.29) is 18.3 Å². The smallest absolute Gasteiger partial charge is 0.328 e. The van der Waals surface area contributed by atoms with E-state index < -0.39 is 35.1 Å². The average molecular weight is 420 g/mol. The van der Waals surface area contributed by atoms with Gasteiger partial charge in [-0.3, -0.25) is 0 Å². The van der Waals surface area contributed by atoms with Crippen LogP contribution in [0.1, 0.15) is 48.5 Å². The summed E-state index contributed by atoms with van der Waals surface area (Å²) in [5, 5.41) is -0.0172. The Hall–Kier alpha value is -0.963. The molecule has 0 unspecified atom stereocenters. The molecule has 27 heavy (non-hydrogen) atoms. The quantitative estimate of drug-likeness (QED) is 0.349. The predicted octanol–water partition coefficient (Wildman–Crippen LogP) is 3.77. The molecule has 6 nitrogen and oxygen atoms in total. The Labute approximate surface area is 166 Å². The zero-order chi connectivity index (χ0) is 21.7. The molecule has 0 aliphatic rings. The first kappa shape index (κ1) is 26.0. The fourth-order valence-electron chi connectivity index (χ4n) is 1.69. The van der Waals surface area contributed by atoms with Crippen molar-refractivity contribution >= 4 is 24.3 Å². The van der Waals surface area contributed by atoms with Crippen LogP contribution in [0.15, 0.2) is 24.3 Å². The van der Waals surface area contributed by atoms with Crippen molar-refractivity contribution in [3.63, 3.8) is 0 Å². The van der Waals surface area contributed by atoms with Gasteiger partial charge in [0.05, 0.1) is 18.0 Å². The molecule has 0 aliphatic heterocycles. The van der Waals surface area contributed by atoms with Crippen LogP contribution in [-0.2, 0) is 24.0 Å². The number of rotatable bonds is 9. The molecule has 1 N–H and O–H groups in total. The molecule has 0 aromatic rings. The van der Waals surface area contributed by atoms with Crippen molar-refractivity contribution < 1.29 is 22.4 Å². The number of sulfonamides is 1. The summed E-state index contributed by atoms with van der Waals surface area (Å²) in [5.41, 5.74) is 0.473. The fourth-order valence-corrected chi connectivity index (χ4v) is 3.56. The van der Waals surface area contributed by atoms with E-state index in [1.54, 1.807) is 33.8 Å². The monoisotopic (exact) mass is 419 g/mol. The molecule has 0 fully saturated rings. The number of carbonyl (C=O) groups is 1. The summed E-state index contributed by atoms with van der Waals surface area (Å²) in [4.78, 5) is 12.5. The van der Waals surface area contributed by atoms with Crippen molar-refractivity contribution in [1.29, 1.82) is 0 Å². The summed E-state index contributed by atoms with van der Waals surface area (Å²) in [6, 6.07) is -1.16. The molecule has 0 aromatic heterocycles. The molecule has 8 heteroatoms. The van der Waals surface area contributed by atoms with Gasteiger partial charge >= 0.3 is 5.97 Å². The van der Waals surface area contributed by atoms with Crippen molar-refractivity contribution in [2.75, 3.05) is 13.2 Å². The van der Waals surface area contributed by atoms with Crippen LogP contribution in [0.25, 0.3) is 0 Å². The van der Waals surface area contributed by atoms with Crippen molar-refractivity contribution in [3.05, 3.63) is 24.3 Å². The Bertz CT molecular complexity index is 655. The van der Waals surface area contributed by atoms with Crippen LogP contribution < -0.4 is 4.72 Å². The predicted molar refractivity (Wildman–Crippen MR) is 114 cm³/mol. The van der Waals surface area contributed by atoms with Gasteiger partial charge in [0, 0.05) is 0 Å². The highest BCUT2D eigenvalue weighted by Crippen LogP contribution is 2.37. The zero-order valence-electron chi connectivity index (χ0n) is 18.3. The molecule has 0 saturated heterocycles. The minimum Gasteiger partial charge on any atom is -0.465 e. The Morgan fingerprint density at radius 1 is 1.19 bits per heavy atom. The number of hydrogen-bond acceptors (Lipinski definition) is 5. The Balaban J connectivity index is 5.84. The summed E-state index contributed by atoms with van der Waals surface area (Å²) in [6.07, 6.45) is 3.13. The SMILES string of the molecule is C=C/C=C(/CO[Si](C)(C)C(C)(C)C)[C@H](NS(=O)(=O)C(C)(C)C)C(=O)OCC. The van der Waals surface area contributed by atoms with Gasteiger partial charge in [0.25, 0.3) is 0 Å². The topological polar surface area (TPSA) is 81.7 Å². The van der Waals surface area contributed by atoms with Gasteiger partial charge in [0.1, 0.15) is 6.04 Å². The van der Waals surface area contributed by atoms with E-state index >= 15 is 0 Å². The van der Waals surface area contributed by atoms with Crippen LogP contribution in [0, 0.1) is 0 Å². The molecular weight excluding hydrogens is 382 g/mol. The molecule has 158 valence electrons. The van der Waals surface area contributed by atoms with Crippen LogP contribution in [0.5, 0.6) is 0 Å². The molecule has 0 heterocycles. The first-order chi connectivity index (χ1) is 12.0. The zero-order valence-corrected chi connectivity index (χ0v) is 20.1. The molecule has 0 radical (unpaired) electrons. The maximum atomic E-state index is 12.6. The number of carbonyl (C=O) groups excluding carboxylic acids is 1. The van der Waals surface area contributed by atoms with Crippen molar-refractivity contribution in [2.45, 2.75) is 77.4 Å². The lowest BCUT2D eigenvalue weighted by molar-refractivity contribution is -0.144. The minimum atomic E-state index is -3.78. The second-order valence-electron chi connectivity index (χ2n) is 8.94. The molecule has 1 atom stereocenters. The van der Waals surface area contributed by atoms with Gasteiger partial charge in [-0.15, -0.1) is 0 Å². The molecule has 0 amide bonds. The van der Waals surface area contributed by atoms with Crippen LogP contribution in [0.3, 0.4) is 0 Å². The van der Waals surface area contributed by atoms with Gasteiger partial charge in [-0.1, -0.05) is 39.5 Å². The fraction of sp³-hybridized carbons (Fsp3) is 0.737. The Kier molecular flexibility index (Phi) is 9.15. The van der Waals surface area contributed by atoms with Crippen molar-refractivity contribution in [2.24, 2.45) is 0 Å². The van der Waals surface area contributed by atoms with Gasteiger partial charge in [-0.05, 0) is 51.4 Å². The third-order valence-corrected chi connectivity index (χ3v) is 11.3. The summed E-state index contributed by atoms with van der Waals surface area (Å²) in [7, 11) is -5.87. The second kappa shape index (κ2) is 9.49. The van der Waals surface area contributed by atoms with Crippen molar-refractivity contribution in [1.82, 2.24) is 4.72 Å². The standard InChI is InChI=1S/C19H37NO5SSi/c1-11-13-15(14-25-27(9,10)19(6,7)8)16(17(21)24-12-2)20-26(22,23)18(3,4)5/h11,13,16,20H,1,12,14H2,2-10H3/b15-13-/t16-/m0/s1. The van der Waals surface area contributed by atoms with Crippen LogP contribution in [-0.4, -0.2) is 46.7 Å². The third-order valence-electron chi connectivity index (χ3n) is 4.71. The Morgan fingerprint density at radius 3 is 2.07 bits per heavy atom. The number of esters is 1. The molecule has 0 rings (SSSR count). The lowest BCUT2D eigenvalue weighted by Gasteiger charge is -2.37. The third kappa shape index (κ3) is 7.52. The minimum absolute atomic E-state index is 0.0172. The number of hydrogen-bond donors (Lipinski definition) is 1. The molecule has 0 aromatic carbocycles. The van der Waals surface area contributed by atoms with Gasteiger partial charge in [0.2, 0.25) is 10.0 Å². The van der Waals surface area contributed by atoms with Gasteiger partial charge in [-0.25, -0.2) is 13.2 Å². The largest absolute Gasteiger partial charge is 0.465 e. The lowest BCUT2D eigenvalue weighted by atomic mass is 10.1. The van der Waals surface area contributed by atoms with Crippen LogP contribution >= 0.6 is 0 Å². The van der Waals surface area contributed by atoms with E-state index in [1.807, 2.05) is 0 Å². The molecule has 0 spiro atoms. The van der Waals surface area contributed by atoms with E-state index in [0.29, 0.717) is 5.57 Å². The highest BCUT2D eigenvalue weighted by Gasteiger charge is 2.39. The molecule has 0 saturated carbocycles. The normalized spacial score (nSPS) is 15.4. The summed E-state index contributed by atoms with van der Waals surface area (Å²) >= 11 is 0. The van der Waals surface area contributed by atoms with E-state index in [0.717, 1.165) is 0 Å². The Morgan fingerprint density at radius 2 is 1.70 bits per heavy atom. The molecular formula is C19H37NO5SSi. The molecule has 0 bridgehead atoms. The summed E-state index contributed by atoms with van der Waals surface area (Å²) in [6.45, 7) is 20.9. The summed E-state index contributed by atoms with van der Waals surface area (Å²) < 4.78 is 38.0. The van der Waals surface area contributed by atoms with Gasteiger partial charge < -0.3 is 9.16 Å². The van der Waals surface area contributed by atoms with E-state index in [9.17, 15) is 13.2 Å². The number of ether oxygens (including phenoxy) is 1. The highest BCUT2D eigenvalue weighted by atomic mass is 32.2. The first-order valence-electron chi connectivity index (χ1n) is 9.14. The molecule has 0 aliphatic carbocycles. The number of allylic oxidation sites excluding steroid dienone is 2. The lowest BCUT2D eigenvalue weighted by Crippen LogP contribution is -2.50. The second-order valence-corrected chi connectivity index (χ2v) is 16.2. The maximum absolute atomic E-state index is 12.6. The van der Waals surface area contributed by atoms with Gasteiger partial charge in [-0.2, -0.15) is 4.72 Å². The highest BCUT2D eigenvalue weighted by molar-refractivity contribution is 7.90. The van der Waals surface area contributed by atoms with Crippen molar-refractivity contribution in [3.8, 4) is 0 Å². The number of nitrogens with one attached hydrogen (secondary N) is 1. The first-order valence-corrected chi connectivity index (χ1v) is 13.5. The van der Waals surface area contributed by atoms with E-state index in [4.69, 9.17) is 9.16 Å². The van der Waals surface area contributed by atoms with Crippen LogP contribution in [0.4, 0.5) is 0 Å². The van der Waals surface area contributed by atoms with Gasteiger partial charge in [0.15, 0.2) is 8.32 Å². The van der Waals surface area contributed by atoms with E-state index in [2.05, 4.69) is 45.2 Å². The van der Waals surface area contributed by atoms with E-state index in [1.165, 1.54) is 6.08 Å². The summed E-state index contributed by atoms with van der Waals surface area (Å²) in [5.74, 6) is -0.655. The maximum Gasteiger partial charge on any atom is 0.328 e. The average Bonchev–Trinajstić information content (AvgIpc) is 2.47. The van der Waals surface area contributed by atoms with Crippen LogP contribution in [0.2, 0.25) is 18.1 Å².